The van der Waals surface area contributed by atoms with Gasteiger partial charge >= 0.3 is 0 Å². The molecule has 0 aromatic heterocycles. The molecule has 2 aromatic rings. The van der Waals surface area contributed by atoms with Gasteiger partial charge in [0.2, 0.25) is 0 Å². The van der Waals surface area contributed by atoms with E-state index in [1.54, 1.807) is 40.9 Å². The number of hydrogen-bond donors (Lipinski definition) is 2. The molecule has 232 valence electrons. The van der Waals surface area contributed by atoms with Crippen LogP contribution in [0.2, 0.25) is 0 Å². The number of hydrogen-bond acceptors (Lipinski definition) is 8. The fraction of sp³-hybridized carbons (Fsp3) is 0.472. The van der Waals surface area contributed by atoms with Gasteiger partial charge in [-0.2, -0.15) is 0 Å². The Morgan fingerprint density at radius 3 is 2.34 bits per heavy atom. The number of rotatable bonds is 6. The molecule has 3 aliphatic rings. The van der Waals surface area contributed by atoms with E-state index in [1.807, 2.05) is 37.3 Å². The molecule has 0 saturated heterocycles. The molecule has 0 radical (unpaired) electrons. The van der Waals surface area contributed by atoms with Gasteiger partial charge in [-0.1, -0.05) is 58.9 Å². The summed E-state index contributed by atoms with van der Waals surface area (Å²) in [5.41, 5.74) is -2.64. The summed E-state index contributed by atoms with van der Waals surface area (Å²) in [4.78, 5) is 69.0. The molecule has 2 fully saturated rings. The molecule has 0 aliphatic heterocycles. The number of fused-ring (bicyclic) bond motifs is 3. The third-order valence-electron chi connectivity index (χ3n) is 10.3. The predicted octanol–water partition coefficient (Wildman–Crippen LogP) is 5.19. The van der Waals surface area contributed by atoms with E-state index in [9.17, 15) is 34.2 Å². The number of carbonyl (C=O) groups excluding carboxylic acids is 5. The van der Waals surface area contributed by atoms with Crippen molar-refractivity contribution in [1.82, 2.24) is 0 Å². The van der Waals surface area contributed by atoms with Crippen LogP contribution in [0.4, 0.5) is 0 Å². The zero-order valence-electron chi connectivity index (χ0n) is 26.3. The van der Waals surface area contributed by atoms with Crippen molar-refractivity contribution in [3.63, 3.8) is 0 Å². The Balaban J connectivity index is 1.75. The summed E-state index contributed by atoms with van der Waals surface area (Å²) in [5, 5.41) is 23.2. The van der Waals surface area contributed by atoms with E-state index in [2.05, 4.69) is 0 Å². The van der Waals surface area contributed by atoms with Gasteiger partial charge < -0.3 is 14.9 Å². The normalized spacial score (nSPS) is 31.6. The summed E-state index contributed by atoms with van der Waals surface area (Å²) in [7, 11) is 1.55. The van der Waals surface area contributed by atoms with Gasteiger partial charge in [-0.15, -0.1) is 0 Å². The molecule has 44 heavy (non-hydrogen) atoms. The number of ether oxygens (including phenoxy) is 1. The van der Waals surface area contributed by atoms with E-state index in [4.69, 9.17) is 4.74 Å². The molecule has 0 heterocycles. The summed E-state index contributed by atoms with van der Waals surface area (Å²) < 4.78 is 5.69. The molecule has 5 rings (SSSR count). The minimum atomic E-state index is -2.72. The lowest BCUT2D eigenvalue weighted by Gasteiger charge is -2.61. The Morgan fingerprint density at radius 1 is 1.07 bits per heavy atom. The second-order valence-corrected chi connectivity index (χ2v) is 13.6. The van der Waals surface area contributed by atoms with Gasteiger partial charge in [-0.3, -0.25) is 24.0 Å². The summed E-state index contributed by atoms with van der Waals surface area (Å²) in [6.45, 7) is 10.0. The van der Waals surface area contributed by atoms with Crippen molar-refractivity contribution in [2.24, 2.45) is 34.5 Å². The number of carbonyl (C=O) groups is 5. The molecule has 0 amide bonds. The molecular formula is C36H40O8. The second-order valence-electron chi connectivity index (χ2n) is 13.6. The summed E-state index contributed by atoms with van der Waals surface area (Å²) in [5.74, 6) is -8.57. The molecule has 6 atom stereocenters. The van der Waals surface area contributed by atoms with Crippen molar-refractivity contribution in [3.05, 3.63) is 53.1 Å². The first-order valence-electron chi connectivity index (χ1n) is 15.2. The van der Waals surface area contributed by atoms with Crippen LogP contribution in [0, 0.1) is 34.5 Å². The SMILES string of the molecule is CC/C=C/c1ccc(OC)c(-c2ccc(O)c3c2C[C@]2(C)C[C@]4(C)C(C(C)C)C(=O)C(C(C)=O)C(=O)[C@]4(O)C(=O)C2C3=O)c1. The number of phenolic OH excluding ortho intramolecular Hbond substituents is 1. The molecule has 3 unspecified atom stereocenters. The van der Waals surface area contributed by atoms with Crippen LogP contribution in [0.5, 0.6) is 11.5 Å². The van der Waals surface area contributed by atoms with Crippen LogP contribution in [0.1, 0.15) is 75.9 Å². The molecule has 2 N–H and O–H groups in total. The Bertz CT molecular complexity index is 1650. The Kier molecular flexibility index (Phi) is 7.60. The maximum atomic E-state index is 14.5. The summed E-state index contributed by atoms with van der Waals surface area (Å²) >= 11 is 0. The maximum Gasteiger partial charge on any atom is 0.190 e. The first kappa shape index (κ1) is 31.5. The Morgan fingerprint density at radius 2 is 1.75 bits per heavy atom. The number of allylic oxidation sites excluding steroid dienone is 1. The van der Waals surface area contributed by atoms with Crippen LogP contribution >= 0.6 is 0 Å². The van der Waals surface area contributed by atoms with E-state index < -0.39 is 69.0 Å². The highest BCUT2D eigenvalue weighted by Crippen LogP contribution is 2.64. The number of aliphatic hydroxyl groups is 1. The highest BCUT2D eigenvalue weighted by Gasteiger charge is 2.76. The minimum absolute atomic E-state index is 0.00541. The third-order valence-corrected chi connectivity index (χ3v) is 10.3. The summed E-state index contributed by atoms with van der Waals surface area (Å²) in [6, 6.07) is 8.82. The van der Waals surface area contributed by atoms with E-state index >= 15 is 0 Å². The van der Waals surface area contributed by atoms with Crippen molar-refractivity contribution >= 4 is 35.0 Å². The Hall–Kier alpha value is -3.91. The van der Waals surface area contributed by atoms with Gasteiger partial charge in [0.15, 0.2) is 28.7 Å². The zero-order valence-corrected chi connectivity index (χ0v) is 26.3. The van der Waals surface area contributed by atoms with Crippen molar-refractivity contribution in [1.29, 1.82) is 0 Å². The molecule has 8 heteroatoms. The topological polar surface area (TPSA) is 135 Å². The first-order chi connectivity index (χ1) is 20.6. The minimum Gasteiger partial charge on any atom is -0.507 e. The molecule has 3 aliphatic carbocycles. The van der Waals surface area contributed by atoms with Gasteiger partial charge in [-0.05, 0) is 72.4 Å². The Labute approximate surface area is 257 Å². The first-order valence-corrected chi connectivity index (χ1v) is 15.2. The number of ketones is 5. The van der Waals surface area contributed by atoms with Crippen LogP contribution < -0.4 is 4.74 Å². The lowest BCUT2D eigenvalue weighted by atomic mass is 9.40. The fourth-order valence-corrected chi connectivity index (χ4v) is 8.68. The highest BCUT2D eigenvalue weighted by molar-refractivity contribution is 6.32. The standard InChI is InChI=1S/C36H40O8/c1-8-9-10-20-11-14-25(44-7)22(15-20)21-12-13-24(38)27-23(21)16-34(5)17-35(6)28(18(2)3)30(39)26(19(4)37)32(41)36(35,43)33(42)29(34)31(27)40/h9-15,18,26,28-29,38,43H,8,16-17H2,1-7H3/b10-9+/t26?,28?,29?,34-,35-,36+/m1/s1. The van der Waals surface area contributed by atoms with Crippen LogP contribution in [-0.4, -0.2) is 51.8 Å². The van der Waals surface area contributed by atoms with E-state index in [-0.39, 0.29) is 24.2 Å². The van der Waals surface area contributed by atoms with Crippen molar-refractivity contribution in [3.8, 4) is 22.6 Å². The lowest BCUT2D eigenvalue weighted by Crippen LogP contribution is -2.76. The van der Waals surface area contributed by atoms with Gasteiger partial charge in [0.25, 0.3) is 0 Å². The number of aromatic hydroxyl groups is 1. The highest BCUT2D eigenvalue weighted by atomic mass is 16.5. The quantitative estimate of drug-likeness (QED) is 0.433. The van der Waals surface area contributed by atoms with E-state index in [0.717, 1.165) is 18.9 Å². The average molecular weight is 601 g/mol. The smallest absolute Gasteiger partial charge is 0.190 e. The van der Waals surface area contributed by atoms with Crippen LogP contribution in [0.25, 0.3) is 17.2 Å². The van der Waals surface area contributed by atoms with Gasteiger partial charge in [-0.25, -0.2) is 0 Å². The molecule has 0 spiro atoms. The fourth-order valence-electron chi connectivity index (χ4n) is 8.68. The zero-order chi connectivity index (χ0) is 32.5. The van der Waals surface area contributed by atoms with Crippen molar-refractivity contribution in [2.45, 2.75) is 66.4 Å². The van der Waals surface area contributed by atoms with E-state index in [0.29, 0.717) is 22.4 Å². The average Bonchev–Trinajstić information content (AvgIpc) is 2.93. The molecule has 2 saturated carbocycles. The molecule has 0 bridgehead atoms. The number of phenols is 1. The van der Waals surface area contributed by atoms with Gasteiger partial charge in [0.1, 0.15) is 23.2 Å². The third kappa shape index (κ3) is 4.17. The lowest BCUT2D eigenvalue weighted by molar-refractivity contribution is -0.205. The van der Waals surface area contributed by atoms with Crippen LogP contribution in [-0.2, 0) is 25.6 Å². The predicted molar refractivity (Wildman–Crippen MR) is 164 cm³/mol. The van der Waals surface area contributed by atoms with Crippen LogP contribution in [0.15, 0.2) is 36.4 Å². The maximum absolute atomic E-state index is 14.5. The number of methoxy groups -OCH3 is 1. The molecule has 2 aromatic carbocycles. The number of benzene rings is 2. The van der Waals surface area contributed by atoms with Gasteiger partial charge in [0.05, 0.1) is 18.6 Å². The van der Waals surface area contributed by atoms with Crippen molar-refractivity contribution in [2.75, 3.05) is 7.11 Å². The monoisotopic (exact) mass is 600 g/mol. The van der Waals surface area contributed by atoms with Crippen molar-refractivity contribution < 1.29 is 38.9 Å². The van der Waals surface area contributed by atoms with Gasteiger partial charge in [0, 0.05) is 16.9 Å². The molecule has 8 nitrogen and oxygen atoms in total. The number of Topliss-reactive ketones (excluding diaryl/α,β-unsaturated/α-hetero) is 5. The van der Waals surface area contributed by atoms with E-state index in [1.165, 1.54) is 6.07 Å². The molecular weight excluding hydrogens is 560 g/mol. The largest absolute Gasteiger partial charge is 0.507 e. The summed E-state index contributed by atoms with van der Waals surface area (Å²) in [6.07, 6.45) is 5.00. The second kappa shape index (κ2) is 10.6. The van der Waals surface area contributed by atoms with Crippen LogP contribution in [0.3, 0.4) is 0 Å².